The fourth-order valence-electron chi connectivity index (χ4n) is 3.55. The highest BCUT2D eigenvalue weighted by Gasteiger charge is 2.23. The van der Waals surface area contributed by atoms with Crippen LogP contribution in [0.4, 0.5) is 5.82 Å². The zero-order valence-corrected chi connectivity index (χ0v) is 18.0. The number of rotatable bonds is 10. The maximum atomic E-state index is 5.52. The fourth-order valence-corrected chi connectivity index (χ4v) is 3.55. The lowest BCUT2D eigenvalue weighted by Gasteiger charge is -2.29. The zero-order chi connectivity index (χ0) is 20.6. The first-order valence-electron chi connectivity index (χ1n) is 10.3. The number of ether oxygens (including phenoxy) is 3. The molecule has 2 aromatic rings. The number of aryl methyl sites for hydroxylation is 1. The average molecular weight is 404 g/mol. The van der Waals surface area contributed by atoms with Crippen molar-refractivity contribution in [3.05, 3.63) is 35.2 Å². The Labute approximate surface area is 173 Å². The van der Waals surface area contributed by atoms with Gasteiger partial charge in [-0.15, -0.1) is 0 Å². The van der Waals surface area contributed by atoms with E-state index in [2.05, 4.69) is 29.0 Å². The second-order valence-electron chi connectivity index (χ2n) is 7.51. The van der Waals surface area contributed by atoms with Crippen molar-refractivity contribution < 1.29 is 14.2 Å². The van der Waals surface area contributed by atoms with Gasteiger partial charge < -0.3 is 24.4 Å². The van der Waals surface area contributed by atoms with Crippen molar-refractivity contribution in [1.82, 2.24) is 20.1 Å². The normalized spacial score (nSPS) is 14.6. The summed E-state index contributed by atoms with van der Waals surface area (Å²) in [5.74, 6) is 2.19. The van der Waals surface area contributed by atoms with E-state index >= 15 is 0 Å². The summed E-state index contributed by atoms with van der Waals surface area (Å²) in [6.07, 6.45) is 1.85. The summed E-state index contributed by atoms with van der Waals surface area (Å²) >= 11 is 0. The summed E-state index contributed by atoms with van der Waals surface area (Å²) in [6.45, 7) is 10.3. The van der Waals surface area contributed by atoms with Crippen LogP contribution in [-0.4, -0.2) is 61.4 Å². The van der Waals surface area contributed by atoms with E-state index in [1.54, 1.807) is 7.11 Å². The van der Waals surface area contributed by atoms with Crippen molar-refractivity contribution in [2.75, 3.05) is 51.5 Å². The Balaban J connectivity index is 1.63. The topological polar surface area (TPSA) is 73.7 Å². The predicted molar refractivity (Wildman–Crippen MR) is 112 cm³/mol. The third kappa shape index (κ3) is 5.68. The number of anilines is 1. The van der Waals surface area contributed by atoms with E-state index in [0.29, 0.717) is 25.0 Å². The van der Waals surface area contributed by atoms with Gasteiger partial charge in [-0.1, -0.05) is 19.9 Å². The van der Waals surface area contributed by atoms with Crippen LogP contribution in [0.25, 0.3) is 0 Å². The smallest absolute Gasteiger partial charge is 0.213 e. The van der Waals surface area contributed by atoms with E-state index in [9.17, 15) is 0 Å². The molecule has 0 unspecified atom stereocenters. The van der Waals surface area contributed by atoms with Crippen molar-refractivity contribution in [2.45, 2.75) is 32.9 Å². The van der Waals surface area contributed by atoms with Gasteiger partial charge in [-0.2, -0.15) is 5.10 Å². The molecule has 0 radical (unpaired) electrons. The molecule has 0 aromatic carbocycles. The second kappa shape index (κ2) is 10.6. The molecule has 8 nitrogen and oxygen atoms in total. The molecular weight excluding hydrogens is 370 g/mol. The third-order valence-corrected chi connectivity index (χ3v) is 4.97. The van der Waals surface area contributed by atoms with Crippen LogP contribution in [0.3, 0.4) is 0 Å². The molecule has 1 aliphatic heterocycles. The quantitative estimate of drug-likeness (QED) is 0.609. The average Bonchev–Trinajstić information content (AvgIpc) is 3.06. The molecule has 1 fully saturated rings. The number of hydrogen-bond donors (Lipinski definition) is 1. The summed E-state index contributed by atoms with van der Waals surface area (Å²) in [5.41, 5.74) is 3.55. The Morgan fingerprint density at radius 1 is 1.17 bits per heavy atom. The van der Waals surface area contributed by atoms with Crippen molar-refractivity contribution >= 4 is 5.82 Å². The fraction of sp³-hybridized carbons (Fsp3) is 0.619. The third-order valence-electron chi connectivity index (χ3n) is 4.97. The summed E-state index contributed by atoms with van der Waals surface area (Å²) in [4.78, 5) is 6.74. The van der Waals surface area contributed by atoms with E-state index in [0.717, 1.165) is 50.7 Å². The molecule has 0 saturated carbocycles. The van der Waals surface area contributed by atoms with Crippen molar-refractivity contribution in [3.8, 4) is 5.88 Å². The number of aromatic nitrogens is 3. The molecule has 3 heterocycles. The highest BCUT2D eigenvalue weighted by atomic mass is 16.5. The van der Waals surface area contributed by atoms with Gasteiger partial charge in [0.15, 0.2) is 0 Å². The van der Waals surface area contributed by atoms with Crippen LogP contribution in [0.15, 0.2) is 18.3 Å². The lowest BCUT2D eigenvalue weighted by Crippen LogP contribution is -2.38. The van der Waals surface area contributed by atoms with Crippen molar-refractivity contribution in [1.29, 1.82) is 0 Å². The maximum Gasteiger partial charge on any atom is 0.213 e. The Bertz CT molecular complexity index is 754. The lowest BCUT2D eigenvalue weighted by atomic mass is 10.0. The molecule has 1 N–H and O–H groups in total. The van der Waals surface area contributed by atoms with Gasteiger partial charge in [-0.25, -0.2) is 4.98 Å². The molecule has 160 valence electrons. The standard InChI is InChI=1S/C21H33N5O3/c1-16(2)20-18(21(25(3)24-20)26-7-9-28-10-8-26)15-22-13-17-5-6-19(23-14-17)29-12-11-27-4/h5-6,14,16,22H,7-13,15H2,1-4H3. The van der Waals surface area contributed by atoms with Crippen LogP contribution < -0.4 is 15.0 Å². The van der Waals surface area contributed by atoms with Gasteiger partial charge in [0.2, 0.25) is 5.88 Å². The van der Waals surface area contributed by atoms with Crippen LogP contribution in [0, 0.1) is 0 Å². The number of pyridine rings is 1. The molecule has 0 atom stereocenters. The van der Waals surface area contributed by atoms with E-state index in [4.69, 9.17) is 19.3 Å². The molecule has 29 heavy (non-hydrogen) atoms. The van der Waals surface area contributed by atoms with Crippen LogP contribution in [-0.2, 0) is 29.6 Å². The number of morpholine rings is 1. The maximum absolute atomic E-state index is 5.52. The van der Waals surface area contributed by atoms with E-state index < -0.39 is 0 Å². The summed E-state index contributed by atoms with van der Waals surface area (Å²) < 4.78 is 18.0. The highest BCUT2D eigenvalue weighted by Crippen LogP contribution is 2.29. The number of methoxy groups -OCH3 is 1. The Morgan fingerprint density at radius 2 is 1.97 bits per heavy atom. The molecule has 1 aliphatic rings. The largest absolute Gasteiger partial charge is 0.475 e. The Hall–Kier alpha value is -2.16. The lowest BCUT2D eigenvalue weighted by molar-refractivity contribution is 0.122. The van der Waals surface area contributed by atoms with E-state index in [-0.39, 0.29) is 0 Å². The Kier molecular flexibility index (Phi) is 7.85. The van der Waals surface area contributed by atoms with Crippen LogP contribution in [0.5, 0.6) is 5.88 Å². The molecule has 0 bridgehead atoms. The Morgan fingerprint density at radius 3 is 2.62 bits per heavy atom. The van der Waals surface area contributed by atoms with Crippen LogP contribution in [0.2, 0.25) is 0 Å². The van der Waals surface area contributed by atoms with Gasteiger partial charge in [0.25, 0.3) is 0 Å². The van der Waals surface area contributed by atoms with Gasteiger partial charge in [0.1, 0.15) is 12.4 Å². The predicted octanol–water partition coefficient (Wildman–Crippen LogP) is 2.09. The van der Waals surface area contributed by atoms with Gasteiger partial charge in [-0.05, 0) is 11.5 Å². The van der Waals surface area contributed by atoms with Crippen molar-refractivity contribution in [3.63, 3.8) is 0 Å². The van der Waals surface area contributed by atoms with Crippen molar-refractivity contribution in [2.24, 2.45) is 7.05 Å². The molecule has 0 aliphatic carbocycles. The second-order valence-corrected chi connectivity index (χ2v) is 7.51. The molecule has 3 rings (SSSR count). The van der Waals surface area contributed by atoms with Gasteiger partial charge >= 0.3 is 0 Å². The first-order chi connectivity index (χ1) is 14.1. The van der Waals surface area contributed by atoms with Crippen LogP contribution in [0.1, 0.15) is 36.6 Å². The minimum atomic E-state index is 0.373. The summed E-state index contributed by atoms with van der Waals surface area (Å²) in [6, 6.07) is 3.94. The molecule has 8 heteroatoms. The molecule has 0 spiro atoms. The monoisotopic (exact) mass is 403 g/mol. The number of hydrogen-bond acceptors (Lipinski definition) is 7. The SMILES string of the molecule is COCCOc1ccc(CNCc2c(C(C)C)nn(C)c2N2CCOCC2)cn1. The first kappa shape index (κ1) is 21.5. The number of nitrogens with zero attached hydrogens (tertiary/aromatic N) is 4. The first-order valence-corrected chi connectivity index (χ1v) is 10.3. The minimum absolute atomic E-state index is 0.373. The summed E-state index contributed by atoms with van der Waals surface area (Å²) in [7, 11) is 3.69. The van der Waals surface area contributed by atoms with E-state index in [1.807, 2.05) is 30.1 Å². The highest BCUT2D eigenvalue weighted by molar-refractivity contribution is 5.51. The molecular formula is C21H33N5O3. The van der Waals surface area contributed by atoms with Gasteiger partial charge in [0, 0.05) is 58.2 Å². The zero-order valence-electron chi connectivity index (χ0n) is 18.0. The summed E-state index contributed by atoms with van der Waals surface area (Å²) in [5, 5.41) is 8.38. The molecule has 0 amide bonds. The van der Waals surface area contributed by atoms with E-state index in [1.165, 1.54) is 11.4 Å². The minimum Gasteiger partial charge on any atom is -0.475 e. The van der Waals surface area contributed by atoms with Gasteiger partial charge in [-0.3, -0.25) is 4.68 Å². The number of nitrogens with one attached hydrogen (secondary N) is 1. The van der Waals surface area contributed by atoms with Gasteiger partial charge in [0.05, 0.1) is 25.5 Å². The molecule has 2 aromatic heterocycles. The van der Waals surface area contributed by atoms with Crippen LogP contribution >= 0.6 is 0 Å². The molecule has 1 saturated heterocycles.